The minimum Gasteiger partial charge on any atom is -0.362 e. The summed E-state index contributed by atoms with van der Waals surface area (Å²) in [7, 11) is 4.07. The number of rotatable bonds is 8. The van der Waals surface area contributed by atoms with Crippen molar-refractivity contribution in [2.75, 3.05) is 30.9 Å². The molecule has 3 aromatic heterocycles. The van der Waals surface area contributed by atoms with Crippen molar-refractivity contribution in [1.29, 1.82) is 0 Å². The van der Waals surface area contributed by atoms with Gasteiger partial charge in [0.25, 0.3) is 0 Å². The molecule has 3 heterocycles. The average molecular weight is 479 g/mol. The zero-order chi connectivity index (χ0) is 22.6. The number of benzene rings is 1. The molecule has 0 saturated heterocycles. The molecule has 0 radical (unpaired) electrons. The summed E-state index contributed by atoms with van der Waals surface area (Å²) in [4.78, 5) is 17.7. The van der Waals surface area contributed by atoms with Crippen LogP contribution in [0.1, 0.15) is 31.4 Å². The van der Waals surface area contributed by atoms with Crippen LogP contribution in [0.3, 0.4) is 0 Å². The van der Waals surface area contributed by atoms with Gasteiger partial charge in [-0.05, 0) is 61.7 Å². The van der Waals surface area contributed by atoms with E-state index in [9.17, 15) is 0 Å². The predicted octanol–water partition coefficient (Wildman–Crippen LogP) is 5.64. The smallest absolute Gasteiger partial charge is 0.225 e. The monoisotopic (exact) mass is 478 g/mol. The molecule has 33 heavy (non-hydrogen) atoms. The van der Waals surface area contributed by atoms with Crippen molar-refractivity contribution < 1.29 is 0 Å². The average Bonchev–Trinajstić information content (AvgIpc) is 3.52. The molecular weight excluding hydrogens is 448 g/mol. The van der Waals surface area contributed by atoms with Crippen LogP contribution >= 0.6 is 22.7 Å². The number of nitrogens with zero attached hydrogens (tertiary/aromatic N) is 4. The van der Waals surface area contributed by atoms with E-state index in [2.05, 4.69) is 50.6 Å². The first-order valence-electron chi connectivity index (χ1n) is 11.6. The highest BCUT2D eigenvalue weighted by Crippen LogP contribution is 2.29. The van der Waals surface area contributed by atoms with Crippen LogP contribution in [0, 0.1) is 5.92 Å². The Labute approximate surface area is 203 Å². The Balaban J connectivity index is 1.11. The lowest BCUT2D eigenvalue weighted by Crippen LogP contribution is -2.31. The second kappa shape index (κ2) is 10.2. The Morgan fingerprint density at radius 2 is 1.82 bits per heavy atom. The normalized spacial score (nSPS) is 18.5. The lowest BCUT2D eigenvalue weighted by molar-refractivity contribution is 0.323. The summed E-state index contributed by atoms with van der Waals surface area (Å²) in [5.41, 5.74) is 2.13. The van der Waals surface area contributed by atoms with Crippen LogP contribution in [0.5, 0.6) is 0 Å². The van der Waals surface area contributed by atoms with Crippen LogP contribution < -0.4 is 15.5 Å². The molecule has 1 aliphatic carbocycles. The van der Waals surface area contributed by atoms with Crippen molar-refractivity contribution >= 4 is 45.3 Å². The van der Waals surface area contributed by atoms with Gasteiger partial charge in [0.1, 0.15) is 10.8 Å². The molecular formula is C25H30N6S2. The Bertz CT molecular complexity index is 1180. The van der Waals surface area contributed by atoms with E-state index < -0.39 is 0 Å². The van der Waals surface area contributed by atoms with E-state index >= 15 is 0 Å². The molecule has 2 N–H and O–H groups in total. The van der Waals surface area contributed by atoms with Crippen molar-refractivity contribution in [2.45, 2.75) is 38.3 Å². The predicted molar refractivity (Wildman–Crippen MR) is 140 cm³/mol. The Kier molecular flexibility index (Phi) is 6.85. The molecule has 1 saturated carbocycles. The summed E-state index contributed by atoms with van der Waals surface area (Å²) in [5, 5.41) is 13.7. The standard InChI is InChI=1S/C25H30N6S2/c1-31(2)23-20-6-3-4-7-21(20)29-25(30-23)28-18-11-9-17(10-12-18)14-26-15-19-16-33-24(27-19)22-8-5-13-32-22/h3-8,13,16-18,26H,9-12,14-15H2,1-2H3,(H,28,29,30)/t17-,18+. The maximum Gasteiger partial charge on any atom is 0.225 e. The summed E-state index contributed by atoms with van der Waals surface area (Å²) >= 11 is 3.48. The van der Waals surface area contributed by atoms with Crippen molar-refractivity contribution in [3.05, 3.63) is 52.9 Å². The van der Waals surface area contributed by atoms with Crippen LogP contribution in [0.15, 0.2) is 47.2 Å². The van der Waals surface area contributed by atoms with Gasteiger partial charge in [-0.2, -0.15) is 4.98 Å². The van der Waals surface area contributed by atoms with Gasteiger partial charge in [0, 0.05) is 37.4 Å². The minimum atomic E-state index is 0.435. The quantitative estimate of drug-likeness (QED) is 0.342. The third-order valence-electron chi connectivity index (χ3n) is 6.21. The number of nitrogens with one attached hydrogen (secondary N) is 2. The molecule has 0 unspecified atom stereocenters. The molecule has 0 spiro atoms. The molecule has 172 valence electrons. The first-order valence-corrected chi connectivity index (χ1v) is 13.3. The summed E-state index contributed by atoms with van der Waals surface area (Å²) in [6, 6.07) is 12.9. The van der Waals surface area contributed by atoms with Crippen LogP contribution in [-0.2, 0) is 6.54 Å². The molecule has 0 bridgehead atoms. The fourth-order valence-electron chi connectivity index (χ4n) is 4.46. The second-order valence-corrected chi connectivity index (χ2v) is 10.7. The summed E-state index contributed by atoms with van der Waals surface area (Å²) < 4.78 is 0. The number of thiazole rings is 1. The Hall–Kier alpha value is -2.55. The molecule has 8 heteroatoms. The van der Waals surface area contributed by atoms with Crippen molar-refractivity contribution in [1.82, 2.24) is 20.3 Å². The third-order valence-corrected chi connectivity index (χ3v) is 8.14. The first kappa shape index (κ1) is 22.3. The van der Waals surface area contributed by atoms with Crippen molar-refractivity contribution in [3.63, 3.8) is 0 Å². The van der Waals surface area contributed by atoms with Gasteiger partial charge in [-0.25, -0.2) is 9.97 Å². The maximum atomic E-state index is 4.80. The van der Waals surface area contributed by atoms with Gasteiger partial charge in [0.2, 0.25) is 5.95 Å². The fraction of sp³-hybridized carbons (Fsp3) is 0.400. The highest BCUT2D eigenvalue weighted by molar-refractivity contribution is 7.20. The molecule has 1 aromatic carbocycles. The molecule has 0 amide bonds. The lowest BCUT2D eigenvalue weighted by atomic mass is 9.86. The van der Waals surface area contributed by atoms with Crippen LogP contribution in [-0.4, -0.2) is 41.6 Å². The Morgan fingerprint density at radius 1 is 0.970 bits per heavy atom. The molecule has 6 nitrogen and oxygen atoms in total. The van der Waals surface area contributed by atoms with E-state index in [1.165, 1.54) is 17.7 Å². The highest BCUT2D eigenvalue weighted by Gasteiger charge is 2.22. The number of hydrogen-bond donors (Lipinski definition) is 2. The van der Waals surface area contributed by atoms with Gasteiger partial charge in [-0.15, -0.1) is 22.7 Å². The number of thiophene rings is 1. The van der Waals surface area contributed by atoms with Crippen molar-refractivity contribution in [3.8, 4) is 9.88 Å². The van der Waals surface area contributed by atoms with Gasteiger partial charge in [-0.1, -0.05) is 18.2 Å². The molecule has 1 aliphatic rings. The summed E-state index contributed by atoms with van der Waals surface area (Å²) in [6.07, 6.45) is 4.74. The fourth-order valence-corrected chi connectivity index (χ4v) is 6.10. The number of fused-ring (bicyclic) bond motifs is 1. The van der Waals surface area contributed by atoms with Crippen LogP contribution in [0.2, 0.25) is 0 Å². The van der Waals surface area contributed by atoms with Crippen LogP contribution in [0.4, 0.5) is 11.8 Å². The lowest BCUT2D eigenvalue weighted by Gasteiger charge is -2.29. The van der Waals surface area contributed by atoms with E-state index in [0.717, 1.165) is 59.3 Å². The molecule has 1 fully saturated rings. The van der Waals surface area contributed by atoms with Gasteiger partial charge >= 0.3 is 0 Å². The third kappa shape index (κ3) is 5.34. The van der Waals surface area contributed by atoms with Crippen LogP contribution in [0.25, 0.3) is 20.8 Å². The first-order chi connectivity index (χ1) is 16.2. The summed E-state index contributed by atoms with van der Waals surface area (Å²) in [5.74, 6) is 2.42. The molecule has 0 aliphatic heterocycles. The number of para-hydroxylation sites is 1. The SMILES string of the molecule is CN(C)c1nc(N[C@H]2CC[C@@H](CNCc3csc(-c4cccs4)n3)CC2)nc2ccccc12. The molecule has 5 rings (SSSR count). The largest absolute Gasteiger partial charge is 0.362 e. The van der Waals surface area contributed by atoms with Gasteiger partial charge in [0.15, 0.2) is 0 Å². The Morgan fingerprint density at radius 3 is 2.61 bits per heavy atom. The topological polar surface area (TPSA) is 66.0 Å². The summed E-state index contributed by atoms with van der Waals surface area (Å²) in [6.45, 7) is 1.90. The van der Waals surface area contributed by atoms with E-state index in [1.807, 2.05) is 26.2 Å². The zero-order valence-electron chi connectivity index (χ0n) is 19.1. The highest BCUT2D eigenvalue weighted by atomic mass is 32.1. The van der Waals surface area contributed by atoms with E-state index in [1.54, 1.807) is 22.7 Å². The van der Waals surface area contributed by atoms with E-state index in [4.69, 9.17) is 15.0 Å². The number of hydrogen-bond acceptors (Lipinski definition) is 8. The maximum absolute atomic E-state index is 4.80. The second-order valence-electron chi connectivity index (χ2n) is 8.90. The van der Waals surface area contributed by atoms with E-state index in [-0.39, 0.29) is 0 Å². The minimum absolute atomic E-state index is 0.435. The zero-order valence-corrected chi connectivity index (χ0v) is 20.8. The molecule has 0 atom stereocenters. The molecule has 4 aromatic rings. The number of aromatic nitrogens is 3. The van der Waals surface area contributed by atoms with Gasteiger partial charge < -0.3 is 15.5 Å². The van der Waals surface area contributed by atoms with E-state index in [0.29, 0.717) is 12.0 Å². The van der Waals surface area contributed by atoms with Gasteiger partial charge in [-0.3, -0.25) is 0 Å². The number of anilines is 2. The van der Waals surface area contributed by atoms with Gasteiger partial charge in [0.05, 0.1) is 16.1 Å². The van der Waals surface area contributed by atoms with Crippen molar-refractivity contribution in [2.24, 2.45) is 5.92 Å².